The molecule has 2 aromatic carbocycles. The van der Waals surface area contributed by atoms with Crippen molar-refractivity contribution in [3.05, 3.63) is 48.2 Å². The average molecular weight is 676 g/mol. The first-order chi connectivity index (χ1) is 23.7. The van der Waals surface area contributed by atoms with Crippen molar-refractivity contribution >= 4 is 33.4 Å². The number of rotatable bonds is 7. The Hall–Kier alpha value is -4.20. The highest BCUT2D eigenvalue weighted by molar-refractivity contribution is 6.00. The lowest BCUT2D eigenvalue weighted by atomic mass is 9.95. The number of methoxy groups -OCH3 is 1. The summed E-state index contributed by atoms with van der Waals surface area (Å²) >= 11 is 0. The average Bonchev–Trinajstić information content (AvgIpc) is 3.80. The second kappa shape index (κ2) is 13.6. The highest BCUT2D eigenvalue weighted by Gasteiger charge is 2.46. The fraction of sp³-hybridized carbons (Fsp3) is 0.500. The number of fused-ring (bicyclic) bond motifs is 5. The predicted molar refractivity (Wildman–Crippen MR) is 183 cm³/mol. The standard InChI is InChI=1S/C29H30F2N6O4.C7H13N/c1-36(22(40)7-9-38)14-29-8-6-17(35-29)13-37(15-29)27-20-12-32-25(24(31)26(20)33-28(34-27)41-2)19-11-18(39)10-16-4-3-5-21(30)23(16)19;1-3-7-4-2-6-8(7)5-1/h3-5,10-12,17,35,38-39H,6-9,13-15H2,1-2H3;7H,1-6H2/t17-,29-;/m1./s1. The molecule has 0 radical (unpaired) electrons. The minimum Gasteiger partial charge on any atom is -0.508 e. The summed E-state index contributed by atoms with van der Waals surface area (Å²) in [5, 5.41) is 24.1. The molecule has 49 heavy (non-hydrogen) atoms. The minimum absolute atomic E-state index is 0.0364. The molecule has 0 spiro atoms. The van der Waals surface area contributed by atoms with Crippen molar-refractivity contribution < 1.29 is 28.5 Å². The van der Waals surface area contributed by atoms with E-state index >= 15 is 4.39 Å². The molecule has 13 heteroatoms. The van der Waals surface area contributed by atoms with E-state index in [1.807, 2.05) is 4.90 Å². The van der Waals surface area contributed by atoms with Crippen LogP contribution in [0.1, 0.15) is 44.9 Å². The number of likely N-dealkylation sites (N-methyl/N-ethyl adjacent to an activating group) is 1. The lowest BCUT2D eigenvalue weighted by Gasteiger charge is -2.43. The van der Waals surface area contributed by atoms with Gasteiger partial charge in [0.15, 0.2) is 5.82 Å². The highest BCUT2D eigenvalue weighted by atomic mass is 19.1. The molecule has 2 atom stereocenters. The van der Waals surface area contributed by atoms with Gasteiger partial charge in [-0.15, -0.1) is 0 Å². The number of nitrogens with zero attached hydrogens (tertiary/aromatic N) is 6. The molecular formula is C36H43F2N7O4. The first-order valence-electron chi connectivity index (χ1n) is 17.1. The molecule has 0 aliphatic carbocycles. The van der Waals surface area contributed by atoms with Gasteiger partial charge in [0.05, 0.1) is 24.6 Å². The Morgan fingerprint density at radius 1 is 1.16 bits per heavy atom. The van der Waals surface area contributed by atoms with Crippen molar-refractivity contribution in [2.45, 2.75) is 62.6 Å². The summed E-state index contributed by atoms with van der Waals surface area (Å²) in [6.07, 6.45) is 9.14. The highest BCUT2D eigenvalue weighted by Crippen LogP contribution is 2.39. The number of amides is 1. The molecule has 2 bridgehead atoms. The molecule has 11 nitrogen and oxygen atoms in total. The summed E-state index contributed by atoms with van der Waals surface area (Å²) in [5.74, 6) is -1.21. The number of aliphatic hydroxyl groups is 1. The number of benzene rings is 2. The van der Waals surface area contributed by atoms with Crippen LogP contribution in [0.25, 0.3) is 32.9 Å². The van der Waals surface area contributed by atoms with Crippen LogP contribution in [0.5, 0.6) is 11.8 Å². The monoisotopic (exact) mass is 675 g/mol. The number of halogens is 2. The topological polar surface area (TPSA) is 127 Å². The van der Waals surface area contributed by atoms with E-state index in [0.29, 0.717) is 36.2 Å². The number of phenolic OH excluding ortho intramolecular Hbond substituents is 1. The summed E-state index contributed by atoms with van der Waals surface area (Å²) in [6, 6.07) is 8.22. The molecule has 3 N–H and O–H groups in total. The van der Waals surface area contributed by atoms with E-state index in [1.165, 1.54) is 76.3 Å². The second-order valence-electron chi connectivity index (χ2n) is 13.8. The molecule has 0 saturated carbocycles. The Labute approximate surface area is 283 Å². The number of phenols is 1. The van der Waals surface area contributed by atoms with Gasteiger partial charge in [0.1, 0.15) is 28.6 Å². The van der Waals surface area contributed by atoms with Crippen molar-refractivity contribution in [3.63, 3.8) is 0 Å². The summed E-state index contributed by atoms with van der Waals surface area (Å²) in [6.45, 7) is 4.09. The zero-order valence-corrected chi connectivity index (χ0v) is 28.0. The summed E-state index contributed by atoms with van der Waals surface area (Å²) in [7, 11) is 3.12. The molecule has 4 aliphatic rings. The van der Waals surface area contributed by atoms with E-state index in [9.17, 15) is 19.4 Å². The van der Waals surface area contributed by atoms with Gasteiger partial charge in [0.2, 0.25) is 5.91 Å². The Balaban J connectivity index is 0.000000410. The summed E-state index contributed by atoms with van der Waals surface area (Å²) in [5.41, 5.74) is -0.515. The summed E-state index contributed by atoms with van der Waals surface area (Å²) in [4.78, 5) is 32.0. The van der Waals surface area contributed by atoms with Gasteiger partial charge in [-0.2, -0.15) is 9.97 Å². The molecule has 4 aliphatic heterocycles. The number of carbonyl (C=O) groups excluding carboxylic acids is 1. The van der Waals surface area contributed by atoms with Gasteiger partial charge in [0, 0.05) is 62.3 Å². The van der Waals surface area contributed by atoms with Gasteiger partial charge >= 0.3 is 6.01 Å². The summed E-state index contributed by atoms with van der Waals surface area (Å²) < 4.78 is 36.5. The predicted octanol–water partition coefficient (Wildman–Crippen LogP) is 4.23. The molecule has 4 aromatic rings. The number of aromatic nitrogens is 3. The molecule has 8 rings (SSSR count). The van der Waals surface area contributed by atoms with Gasteiger partial charge in [0.25, 0.3) is 0 Å². The van der Waals surface area contributed by atoms with Gasteiger partial charge in [-0.05, 0) is 75.2 Å². The maximum absolute atomic E-state index is 16.3. The van der Waals surface area contributed by atoms with Crippen LogP contribution in [0.2, 0.25) is 0 Å². The number of carbonyl (C=O) groups is 1. The van der Waals surface area contributed by atoms with Gasteiger partial charge in [-0.1, -0.05) is 12.1 Å². The van der Waals surface area contributed by atoms with E-state index in [4.69, 9.17) is 4.74 Å². The number of anilines is 1. The Morgan fingerprint density at radius 2 is 1.96 bits per heavy atom. The van der Waals surface area contributed by atoms with Crippen molar-refractivity contribution in [3.8, 4) is 23.0 Å². The van der Waals surface area contributed by atoms with E-state index in [2.05, 4.69) is 25.2 Å². The van der Waals surface area contributed by atoms with Crippen LogP contribution in [0, 0.1) is 11.6 Å². The lowest BCUT2D eigenvalue weighted by Crippen LogP contribution is -2.64. The van der Waals surface area contributed by atoms with Crippen LogP contribution in [0.15, 0.2) is 36.5 Å². The first-order valence-corrected chi connectivity index (χ1v) is 17.1. The normalized spacial score (nSPS) is 22.0. The number of ether oxygens (including phenoxy) is 1. The molecule has 1 amide bonds. The fourth-order valence-electron chi connectivity index (χ4n) is 8.29. The molecule has 260 valence electrons. The smallest absolute Gasteiger partial charge is 0.318 e. The third-order valence-corrected chi connectivity index (χ3v) is 10.5. The number of piperazine rings is 1. The van der Waals surface area contributed by atoms with E-state index in [0.717, 1.165) is 18.9 Å². The first kappa shape index (κ1) is 33.3. The van der Waals surface area contributed by atoms with Crippen molar-refractivity contribution in [1.82, 2.24) is 30.1 Å². The lowest BCUT2D eigenvalue weighted by molar-refractivity contribution is -0.131. The third kappa shape index (κ3) is 6.47. The minimum atomic E-state index is -0.790. The Morgan fingerprint density at radius 3 is 2.69 bits per heavy atom. The van der Waals surface area contributed by atoms with Crippen LogP contribution in [-0.4, -0.2) is 112 Å². The molecular weight excluding hydrogens is 632 g/mol. The van der Waals surface area contributed by atoms with Crippen LogP contribution in [-0.2, 0) is 4.79 Å². The second-order valence-corrected chi connectivity index (χ2v) is 13.8. The van der Waals surface area contributed by atoms with E-state index in [1.54, 1.807) is 18.0 Å². The largest absolute Gasteiger partial charge is 0.508 e. The van der Waals surface area contributed by atoms with Crippen LogP contribution >= 0.6 is 0 Å². The number of aliphatic hydroxyl groups excluding tert-OH is 1. The molecule has 2 aromatic heterocycles. The van der Waals surface area contributed by atoms with Gasteiger partial charge in [-0.3, -0.25) is 9.78 Å². The van der Waals surface area contributed by atoms with Crippen molar-refractivity contribution in [2.75, 3.05) is 58.4 Å². The fourth-order valence-corrected chi connectivity index (χ4v) is 8.29. The van der Waals surface area contributed by atoms with Gasteiger partial charge in [-0.25, -0.2) is 8.78 Å². The molecule has 4 fully saturated rings. The zero-order chi connectivity index (χ0) is 34.3. The Bertz CT molecular complexity index is 1860. The quantitative estimate of drug-likeness (QED) is 0.262. The van der Waals surface area contributed by atoms with Crippen molar-refractivity contribution in [1.29, 1.82) is 0 Å². The number of pyridine rings is 1. The molecule has 4 saturated heterocycles. The molecule has 0 unspecified atom stereocenters. The van der Waals surface area contributed by atoms with Gasteiger partial charge < -0.3 is 35.0 Å². The maximum Gasteiger partial charge on any atom is 0.318 e. The molecule has 6 heterocycles. The Kier molecular flexibility index (Phi) is 9.25. The number of nitrogens with one attached hydrogen (secondary N) is 1. The SMILES string of the molecule is C1CC2CCCN2C1.COc1nc(N2C[C@H]3CC[C@@](CN(C)C(=O)CCO)(C2)N3)c2cnc(-c3cc(O)cc4cccc(F)c34)c(F)c2n1. The van der Waals surface area contributed by atoms with Crippen LogP contribution in [0.3, 0.4) is 0 Å². The van der Waals surface area contributed by atoms with E-state index < -0.39 is 17.2 Å². The third-order valence-electron chi connectivity index (χ3n) is 10.5. The van der Waals surface area contributed by atoms with Crippen LogP contribution < -0.4 is 15.0 Å². The maximum atomic E-state index is 16.3. The number of aromatic hydroxyl groups is 1. The van der Waals surface area contributed by atoms with E-state index in [-0.39, 0.29) is 58.9 Å². The zero-order valence-electron chi connectivity index (χ0n) is 28.0. The number of hydrogen-bond acceptors (Lipinski definition) is 10. The number of hydrogen-bond donors (Lipinski definition) is 3. The van der Waals surface area contributed by atoms with Crippen LogP contribution in [0.4, 0.5) is 14.6 Å². The van der Waals surface area contributed by atoms with Crippen molar-refractivity contribution in [2.24, 2.45) is 0 Å².